The number of halogens is 5. The Bertz CT molecular complexity index is 1260. The number of hydrogen-bond acceptors (Lipinski definition) is 3. The summed E-state index contributed by atoms with van der Waals surface area (Å²) in [5, 5.41) is 21.5. The molecule has 1 unspecified atom stereocenters. The van der Waals surface area contributed by atoms with E-state index in [-0.39, 0.29) is 59.4 Å². The van der Waals surface area contributed by atoms with E-state index < -0.39 is 53.6 Å². The zero-order valence-corrected chi connectivity index (χ0v) is 24.6. The number of benzene rings is 1. The third-order valence-electron chi connectivity index (χ3n) is 9.87. The van der Waals surface area contributed by atoms with Gasteiger partial charge in [-0.15, -0.1) is 0 Å². The number of alkyl halides is 5. The first kappa shape index (κ1) is 26.2. The van der Waals surface area contributed by atoms with Gasteiger partial charge in [-0.1, -0.05) is 51.5 Å². The van der Waals surface area contributed by atoms with E-state index in [0.29, 0.717) is 25.7 Å². The molecule has 0 radical (unpaired) electrons. The molecule has 0 spiro atoms. The molecule has 0 heterocycles. The molecule has 9 heteroatoms. The molecular formula is C32H47F5O3S. The van der Waals surface area contributed by atoms with Crippen molar-refractivity contribution in [2.24, 2.45) is 23.2 Å². The molecule has 3 aliphatic carbocycles. The number of aliphatic hydroxyl groups is 1. The molecular weight excluding hydrogens is 559 g/mol. The minimum atomic E-state index is -5.58. The summed E-state index contributed by atoms with van der Waals surface area (Å²) in [6.45, 7) is 1.84. The van der Waals surface area contributed by atoms with E-state index in [4.69, 9.17) is 6.85 Å². The highest BCUT2D eigenvalue weighted by molar-refractivity contribution is 7.84. The lowest BCUT2D eigenvalue weighted by atomic mass is 9.52. The number of aromatic hydroxyl groups is 1. The van der Waals surface area contributed by atoms with Gasteiger partial charge in [-0.3, -0.25) is 4.21 Å². The number of phenols is 1. The van der Waals surface area contributed by atoms with Crippen LogP contribution in [0.3, 0.4) is 0 Å². The van der Waals surface area contributed by atoms with Crippen LogP contribution in [-0.2, 0) is 17.2 Å². The van der Waals surface area contributed by atoms with Crippen LogP contribution >= 0.6 is 0 Å². The largest absolute Gasteiger partial charge is 0.508 e. The summed E-state index contributed by atoms with van der Waals surface area (Å²) >= 11 is 0. The third-order valence-corrected chi connectivity index (χ3v) is 11.4. The molecule has 1 aromatic rings. The van der Waals surface area contributed by atoms with E-state index in [9.17, 15) is 36.4 Å². The van der Waals surface area contributed by atoms with Gasteiger partial charge in [0.25, 0.3) is 0 Å². The van der Waals surface area contributed by atoms with E-state index in [2.05, 4.69) is 0 Å². The second kappa shape index (κ2) is 13.6. The number of fused-ring (bicyclic) bond motifs is 5. The summed E-state index contributed by atoms with van der Waals surface area (Å²) in [5.41, 5.74) is 0.699. The Labute approximate surface area is 251 Å². The van der Waals surface area contributed by atoms with E-state index in [1.54, 1.807) is 6.07 Å². The smallest absolute Gasteiger partial charge is 0.453 e. The minimum Gasteiger partial charge on any atom is -0.508 e. The standard InChI is InChI=1S/C32H47F5O3S/c1-30-17-15-26-25-12-11-24(38)21-23(25)20-22(29(26)27(30)13-14-28(30)39)10-7-5-3-2-4-6-8-18-41(40)19-9-16-31(33,34)32(35,36)37/h11-12,21-22,26-29,38-39H,2-10,13-20H2,1H3/t22-,26-,27+,28+,29-,30+,41?/m1/s1/i11D,14D2,21D,28D. The fraction of sp³-hybridized carbons (Fsp3) is 0.812. The highest BCUT2D eigenvalue weighted by Gasteiger charge is 2.57. The van der Waals surface area contributed by atoms with Crippen molar-refractivity contribution in [3.8, 4) is 5.75 Å². The Balaban J connectivity index is 1.27. The fourth-order valence-corrected chi connectivity index (χ4v) is 8.75. The van der Waals surface area contributed by atoms with Crippen molar-refractivity contribution in [2.75, 3.05) is 11.5 Å². The van der Waals surface area contributed by atoms with Gasteiger partial charge in [0.2, 0.25) is 0 Å². The zero-order valence-electron chi connectivity index (χ0n) is 28.8. The van der Waals surface area contributed by atoms with Crippen LogP contribution in [0.1, 0.15) is 121 Å². The van der Waals surface area contributed by atoms with Crippen LogP contribution in [0.2, 0.25) is 0 Å². The van der Waals surface area contributed by atoms with Crippen LogP contribution in [0.5, 0.6) is 5.75 Å². The molecule has 4 rings (SSSR count). The molecule has 2 saturated carbocycles. The monoisotopic (exact) mass is 611 g/mol. The number of hydrogen-bond donors (Lipinski definition) is 2. The van der Waals surface area contributed by atoms with Gasteiger partial charge in [-0.25, -0.2) is 0 Å². The molecule has 2 N–H and O–H groups in total. The van der Waals surface area contributed by atoms with Crippen LogP contribution < -0.4 is 0 Å². The highest BCUT2D eigenvalue weighted by atomic mass is 32.2. The molecule has 0 saturated heterocycles. The molecule has 3 aliphatic rings. The summed E-state index contributed by atoms with van der Waals surface area (Å²) in [5.74, 6) is -5.16. The molecule has 3 nitrogen and oxygen atoms in total. The Morgan fingerprint density at radius 2 is 1.73 bits per heavy atom. The first-order valence-electron chi connectivity index (χ1n) is 17.6. The number of unbranched alkanes of at least 4 members (excludes halogenated alkanes) is 6. The van der Waals surface area contributed by atoms with Gasteiger partial charge in [0.15, 0.2) is 0 Å². The van der Waals surface area contributed by atoms with Crippen molar-refractivity contribution < 1.29 is 43.2 Å². The average Bonchev–Trinajstić information content (AvgIpc) is 3.10. The summed E-state index contributed by atoms with van der Waals surface area (Å²) < 4.78 is 117. The van der Waals surface area contributed by atoms with Gasteiger partial charge < -0.3 is 10.2 Å². The summed E-state index contributed by atoms with van der Waals surface area (Å²) in [6.07, 6.45) is -3.11. The quantitative estimate of drug-likeness (QED) is 0.163. The van der Waals surface area contributed by atoms with Gasteiger partial charge in [-0.05, 0) is 104 Å². The molecule has 0 aromatic heterocycles. The van der Waals surface area contributed by atoms with Crippen molar-refractivity contribution in [2.45, 2.75) is 127 Å². The Morgan fingerprint density at radius 1 is 1.07 bits per heavy atom. The predicted octanol–water partition coefficient (Wildman–Crippen LogP) is 8.68. The fourth-order valence-electron chi connectivity index (χ4n) is 7.55. The van der Waals surface area contributed by atoms with Crippen LogP contribution in [0.15, 0.2) is 18.2 Å². The van der Waals surface area contributed by atoms with Crippen molar-refractivity contribution in [3.05, 3.63) is 29.3 Å². The molecule has 234 valence electrons. The van der Waals surface area contributed by atoms with Crippen molar-refractivity contribution >= 4 is 10.8 Å². The minimum absolute atomic E-state index is 0.00963. The Morgan fingerprint density at radius 3 is 2.44 bits per heavy atom. The predicted molar refractivity (Wildman–Crippen MR) is 153 cm³/mol. The topological polar surface area (TPSA) is 57.5 Å². The average molecular weight is 612 g/mol. The molecule has 0 aliphatic heterocycles. The maximum atomic E-state index is 13.0. The SMILES string of the molecule is [2H]c1cc2c(c([2H])c1O)C[C@@H](CCCCCCCCCS(=O)CCCC(F)(F)C(F)(F)F)[C@@H]1[C@@H]2CC[C@@]2(C)[C@H]1CC([2H])([2H])[C@]2([2H])O. The van der Waals surface area contributed by atoms with Crippen molar-refractivity contribution in [1.82, 2.24) is 0 Å². The lowest BCUT2D eigenvalue weighted by Gasteiger charge is -2.53. The lowest BCUT2D eigenvalue weighted by molar-refractivity contribution is -0.284. The first-order chi connectivity index (χ1) is 21.2. The Kier molecular flexibility index (Phi) is 8.70. The molecule has 2 fully saturated rings. The lowest BCUT2D eigenvalue weighted by Crippen LogP contribution is -2.47. The summed E-state index contributed by atoms with van der Waals surface area (Å²) in [6, 6.07) is 1.54. The second-order valence-corrected chi connectivity index (χ2v) is 14.2. The maximum Gasteiger partial charge on any atom is 0.453 e. The van der Waals surface area contributed by atoms with Gasteiger partial charge in [0.05, 0.1) is 10.2 Å². The van der Waals surface area contributed by atoms with Crippen LogP contribution in [0, 0.1) is 23.2 Å². The molecule has 41 heavy (non-hydrogen) atoms. The Hall–Kier alpha value is -1.22. The van der Waals surface area contributed by atoms with Gasteiger partial charge in [-0.2, -0.15) is 22.0 Å². The molecule has 0 bridgehead atoms. The van der Waals surface area contributed by atoms with Gasteiger partial charge in [0, 0.05) is 31.5 Å². The first-order valence-corrected chi connectivity index (χ1v) is 16.6. The van der Waals surface area contributed by atoms with Crippen molar-refractivity contribution in [1.29, 1.82) is 0 Å². The number of rotatable bonds is 14. The summed E-state index contributed by atoms with van der Waals surface area (Å²) in [4.78, 5) is 0. The number of phenolic OH excluding ortho intramolecular Hbond substituents is 1. The maximum absolute atomic E-state index is 13.0. The third kappa shape index (κ3) is 7.66. The van der Waals surface area contributed by atoms with Gasteiger partial charge >= 0.3 is 12.1 Å². The van der Waals surface area contributed by atoms with Crippen LogP contribution in [-0.4, -0.2) is 44.1 Å². The zero-order chi connectivity index (χ0) is 34.3. The van der Waals surface area contributed by atoms with Gasteiger partial charge in [0.1, 0.15) is 5.75 Å². The van der Waals surface area contributed by atoms with E-state index in [1.807, 2.05) is 6.92 Å². The summed E-state index contributed by atoms with van der Waals surface area (Å²) in [7, 11) is -1.42. The molecule has 1 aromatic carbocycles. The van der Waals surface area contributed by atoms with Crippen molar-refractivity contribution in [3.63, 3.8) is 0 Å². The van der Waals surface area contributed by atoms with E-state index in [1.165, 1.54) is 0 Å². The van der Waals surface area contributed by atoms with Crippen LogP contribution in [0.25, 0.3) is 0 Å². The van der Waals surface area contributed by atoms with E-state index >= 15 is 0 Å². The normalized spacial score (nSPS) is 35.2. The molecule has 7 atom stereocenters. The van der Waals surface area contributed by atoms with E-state index in [0.717, 1.165) is 56.1 Å². The highest BCUT2D eigenvalue weighted by Crippen LogP contribution is 2.62. The van der Waals surface area contributed by atoms with Crippen LogP contribution in [0.4, 0.5) is 22.0 Å². The molecule has 0 amide bonds. The second-order valence-electron chi connectivity index (χ2n) is 12.6.